The fourth-order valence-electron chi connectivity index (χ4n) is 0.896. The zero-order valence-corrected chi connectivity index (χ0v) is 6.82. The average molecular weight is 192 g/mol. The van der Waals surface area contributed by atoms with Crippen LogP contribution in [0.3, 0.4) is 0 Å². The van der Waals surface area contributed by atoms with Crippen molar-refractivity contribution in [3.63, 3.8) is 0 Å². The van der Waals surface area contributed by atoms with E-state index in [9.17, 15) is 14.9 Å². The molecule has 0 fully saturated rings. The number of carbonyl (C=O) groups excluding carboxylic acids is 1. The van der Waals surface area contributed by atoms with Crippen molar-refractivity contribution in [3.8, 4) is 0 Å². The van der Waals surface area contributed by atoms with Gasteiger partial charge in [0.05, 0.1) is 4.92 Å². The number of nitro groups is 1. The largest absolute Gasteiger partial charge is 0.298 e. The lowest BCUT2D eigenvalue weighted by molar-refractivity contribution is -0.384. The van der Waals surface area contributed by atoms with Crippen LogP contribution in [-0.4, -0.2) is 11.2 Å². The maximum absolute atomic E-state index is 10.4. The van der Waals surface area contributed by atoms with Gasteiger partial charge in [-0.1, -0.05) is 5.11 Å². The first-order valence-corrected chi connectivity index (χ1v) is 3.47. The molecule has 0 saturated heterocycles. The summed E-state index contributed by atoms with van der Waals surface area (Å²) in [5.74, 6) is 0. The molecule has 1 aromatic carbocycles. The minimum atomic E-state index is -0.682. The van der Waals surface area contributed by atoms with Gasteiger partial charge < -0.3 is 0 Å². The van der Waals surface area contributed by atoms with Crippen LogP contribution in [0.5, 0.6) is 0 Å². The second-order valence-corrected chi connectivity index (χ2v) is 2.31. The summed E-state index contributed by atoms with van der Waals surface area (Å²) in [6.07, 6.45) is 0.514. The van der Waals surface area contributed by atoms with Gasteiger partial charge in [-0.3, -0.25) is 14.9 Å². The summed E-state index contributed by atoms with van der Waals surface area (Å²) >= 11 is 0. The molecule has 0 saturated carbocycles. The van der Waals surface area contributed by atoms with Gasteiger partial charge in [0.15, 0.2) is 0 Å². The molecule has 70 valence electrons. The summed E-state index contributed by atoms with van der Waals surface area (Å²) < 4.78 is 0. The van der Waals surface area contributed by atoms with Crippen LogP contribution in [0.1, 0.15) is 10.4 Å². The van der Waals surface area contributed by atoms with E-state index in [1.165, 1.54) is 6.07 Å². The first kappa shape index (κ1) is 9.69. The van der Waals surface area contributed by atoms with Gasteiger partial charge in [-0.15, -0.1) is 0 Å². The predicted octanol–water partition coefficient (Wildman–Crippen LogP) is 2.35. The van der Waals surface area contributed by atoms with E-state index in [0.717, 1.165) is 12.1 Å². The summed E-state index contributed by atoms with van der Waals surface area (Å²) in [5.41, 5.74) is 7.87. The van der Waals surface area contributed by atoms with Crippen molar-refractivity contribution in [2.24, 2.45) is 5.11 Å². The number of nitrogens with zero attached hydrogens (tertiary/aromatic N) is 4. The minimum absolute atomic E-state index is 0.165. The van der Waals surface area contributed by atoms with E-state index in [1.807, 2.05) is 0 Å². The molecule has 7 nitrogen and oxygen atoms in total. The van der Waals surface area contributed by atoms with Gasteiger partial charge in [0, 0.05) is 16.5 Å². The second kappa shape index (κ2) is 4.01. The third-order valence-electron chi connectivity index (χ3n) is 1.48. The molecule has 0 N–H and O–H groups in total. The van der Waals surface area contributed by atoms with E-state index in [-0.39, 0.29) is 16.9 Å². The Bertz CT molecular complexity index is 437. The molecule has 7 heteroatoms. The van der Waals surface area contributed by atoms with Crippen LogP contribution in [0.15, 0.2) is 23.3 Å². The van der Waals surface area contributed by atoms with Crippen molar-refractivity contribution in [3.05, 3.63) is 44.3 Å². The Kier molecular flexibility index (Phi) is 2.78. The number of carbonyl (C=O) groups is 1. The van der Waals surface area contributed by atoms with E-state index in [2.05, 4.69) is 10.0 Å². The highest BCUT2D eigenvalue weighted by Gasteiger charge is 2.12. The Balaban J connectivity index is 3.37. The molecule has 0 bridgehead atoms. The van der Waals surface area contributed by atoms with E-state index in [0.29, 0.717) is 6.29 Å². The van der Waals surface area contributed by atoms with Crippen LogP contribution in [0.4, 0.5) is 11.4 Å². The highest BCUT2D eigenvalue weighted by molar-refractivity contribution is 5.78. The van der Waals surface area contributed by atoms with Gasteiger partial charge in [0.25, 0.3) is 5.69 Å². The highest BCUT2D eigenvalue weighted by atomic mass is 16.6. The molecule has 0 amide bonds. The number of hydrogen-bond acceptors (Lipinski definition) is 4. The molecule has 0 radical (unpaired) electrons. The van der Waals surface area contributed by atoms with Gasteiger partial charge in [0.2, 0.25) is 0 Å². The standard InChI is InChI=1S/C7H4N4O3/c8-10-9-6-3-5(4-12)1-2-7(6)11(13)14/h1-4H. The first-order valence-electron chi connectivity index (χ1n) is 3.47. The molecule has 0 atom stereocenters. The minimum Gasteiger partial charge on any atom is -0.298 e. The number of nitro benzene ring substituents is 1. The summed E-state index contributed by atoms with van der Waals surface area (Å²) in [6.45, 7) is 0. The molecule has 0 heterocycles. The Morgan fingerprint density at radius 3 is 2.79 bits per heavy atom. The maximum Gasteiger partial charge on any atom is 0.279 e. The van der Waals surface area contributed by atoms with E-state index in [4.69, 9.17) is 5.53 Å². The summed E-state index contributed by atoms with van der Waals surface area (Å²) in [5, 5.41) is 13.5. The third kappa shape index (κ3) is 1.85. The molecule has 0 aliphatic rings. The highest BCUT2D eigenvalue weighted by Crippen LogP contribution is 2.27. The topological polar surface area (TPSA) is 109 Å². The van der Waals surface area contributed by atoms with Crippen LogP contribution in [0.2, 0.25) is 0 Å². The lowest BCUT2D eigenvalue weighted by Crippen LogP contribution is -1.89. The third-order valence-corrected chi connectivity index (χ3v) is 1.48. The van der Waals surface area contributed by atoms with Crippen LogP contribution in [-0.2, 0) is 0 Å². The molecule has 14 heavy (non-hydrogen) atoms. The van der Waals surface area contributed by atoms with Crippen molar-refractivity contribution in [1.29, 1.82) is 0 Å². The summed E-state index contributed by atoms with van der Waals surface area (Å²) in [7, 11) is 0. The quantitative estimate of drug-likeness (QED) is 0.183. The number of rotatable bonds is 3. The zero-order chi connectivity index (χ0) is 10.6. The number of hydrogen-bond donors (Lipinski definition) is 0. The van der Waals surface area contributed by atoms with Gasteiger partial charge in [-0.25, -0.2) is 0 Å². The molecule has 0 aromatic heterocycles. The fourth-order valence-corrected chi connectivity index (χ4v) is 0.896. The number of azide groups is 1. The van der Waals surface area contributed by atoms with Crippen molar-refractivity contribution >= 4 is 17.7 Å². The predicted molar refractivity (Wildman–Crippen MR) is 47.3 cm³/mol. The van der Waals surface area contributed by atoms with Crippen LogP contribution in [0.25, 0.3) is 10.4 Å². The normalized spacial score (nSPS) is 8.86. The molecule has 0 aliphatic heterocycles. The van der Waals surface area contributed by atoms with Crippen molar-refractivity contribution < 1.29 is 9.72 Å². The Morgan fingerprint density at radius 1 is 1.57 bits per heavy atom. The fraction of sp³-hybridized carbons (Fsp3) is 0. The Morgan fingerprint density at radius 2 is 2.29 bits per heavy atom. The van der Waals surface area contributed by atoms with E-state index in [1.54, 1.807) is 0 Å². The molecule has 0 unspecified atom stereocenters. The molecule has 1 aromatic rings. The van der Waals surface area contributed by atoms with E-state index >= 15 is 0 Å². The van der Waals surface area contributed by atoms with Crippen molar-refractivity contribution in [1.82, 2.24) is 0 Å². The summed E-state index contributed by atoms with van der Waals surface area (Å²) in [4.78, 5) is 22.5. The summed E-state index contributed by atoms with van der Waals surface area (Å²) in [6, 6.07) is 3.56. The van der Waals surface area contributed by atoms with Crippen LogP contribution < -0.4 is 0 Å². The SMILES string of the molecule is [N-]=[N+]=Nc1cc(C=O)ccc1[N+](=O)[O-]. The Labute approximate surface area is 77.7 Å². The second-order valence-electron chi connectivity index (χ2n) is 2.31. The zero-order valence-electron chi connectivity index (χ0n) is 6.82. The smallest absolute Gasteiger partial charge is 0.279 e. The van der Waals surface area contributed by atoms with Gasteiger partial charge in [-0.05, 0) is 17.7 Å². The maximum atomic E-state index is 10.4. The van der Waals surface area contributed by atoms with E-state index < -0.39 is 4.92 Å². The molecular formula is C7H4N4O3. The lowest BCUT2D eigenvalue weighted by atomic mass is 10.2. The van der Waals surface area contributed by atoms with Crippen LogP contribution >= 0.6 is 0 Å². The van der Waals surface area contributed by atoms with Gasteiger partial charge in [0.1, 0.15) is 12.0 Å². The number of aldehydes is 1. The lowest BCUT2D eigenvalue weighted by Gasteiger charge is -1.96. The van der Waals surface area contributed by atoms with Crippen molar-refractivity contribution in [2.45, 2.75) is 0 Å². The number of benzene rings is 1. The molecule has 0 spiro atoms. The van der Waals surface area contributed by atoms with Gasteiger partial charge in [-0.2, -0.15) is 0 Å². The first-order chi connectivity index (χ1) is 6.69. The molecular weight excluding hydrogens is 188 g/mol. The van der Waals surface area contributed by atoms with Gasteiger partial charge >= 0.3 is 0 Å². The molecule has 0 aliphatic carbocycles. The molecule has 1 rings (SSSR count). The Hall–Kier alpha value is -2.40. The van der Waals surface area contributed by atoms with Crippen molar-refractivity contribution in [2.75, 3.05) is 0 Å². The van der Waals surface area contributed by atoms with Crippen LogP contribution in [0, 0.1) is 10.1 Å². The average Bonchev–Trinajstić information content (AvgIpc) is 2.17. The monoisotopic (exact) mass is 192 g/mol.